The summed E-state index contributed by atoms with van der Waals surface area (Å²) in [5, 5.41) is 2.31. The Bertz CT molecular complexity index is 2530. The molecule has 1 aliphatic carbocycles. The second kappa shape index (κ2) is 10.8. The van der Waals surface area contributed by atoms with E-state index in [0.29, 0.717) is 5.88 Å². The van der Waals surface area contributed by atoms with Crippen molar-refractivity contribution in [2.24, 2.45) is 0 Å². The van der Waals surface area contributed by atoms with Crippen LogP contribution in [0.2, 0.25) is 0 Å². The van der Waals surface area contributed by atoms with Crippen LogP contribution in [0.15, 0.2) is 152 Å². The smallest absolute Gasteiger partial charge is 0.221 e. The predicted molar refractivity (Wildman–Crippen MR) is 198 cm³/mol. The van der Waals surface area contributed by atoms with Crippen molar-refractivity contribution in [3.8, 4) is 28.6 Å². The first kappa shape index (κ1) is 27.7. The molecule has 10 rings (SSSR count). The van der Waals surface area contributed by atoms with Crippen LogP contribution < -0.4 is 14.5 Å². The normalized spacial score (nSPS) is 13.6. The summed E-state index contributed by atoms with van der Waals surface area (Å²) in [5.41, 5.74) is 12.0. The van der Waals surface area contributed by atoms with Gasteiger partial charge in [0, 0.05) is 54.0 Å². The maximum Gasteiger partial charge on any atom is 0.221 e. The number of fused-ring (bicyclic) bond motifs is 7. The quantitative estimate of drug-likeness (QED) is 0.189. The zero-order chi connectivity index (χ0) is 32.5. The molecule has 6 nitrogen and oxygen atoms in total. The van der Waals surface area contributed by atoms with Gasteiger partial charge in [-0.15, -0.1) is 0 Å². The molecule has 234 valence electrons. The number of anilines is 3. The summed E-state index contributed by atoms with van der Waals surface area (Å²) in [4.78, 5) is 14.1. The first-order chi connectivity index (χ1) is 24.2. The molecule has 4 heterocycles. The van der Waals surface area contributed by atoms with Crippen molar-refractivity contribution < 1.29 is 4.74 Å². The lowest BCUT2D eigenvalue weighted by Gasteiger charge is -2.20. The molecule has 0 bridgehead atoms. The molecule has 3 aromatic heterocycles. The van der Waals surface area contributed by atoms with E-state index in [1.54, 1.807) is 0 Å². The summed E-state index contributed by atoms with van der Waals surface area (Å²) in [6.45, 7) is 0.763. The van der Waals surface area contributed by atoms with Crippen molar-refractivity contribution in [2.75, 3.05) is 23.5 Å². The Morgan fingerprint density at radius 2 is 1.31 bits per heavy atom. The fraction of sp³-hybridized carbons (Fsp3) is 0.0698. The van der Waals surface area contributed by atoms with Crippen LogP contribution in [0.4, 0.5) is 17.1 Å². The van der Waals surface area contributed by atoms with E-state index >= 15 is 0 Å². The molecular weight excluding hydrogens is 603 g/mol. The molecule has 0 amide bonds. The Labute approximate surface area is 284 Å². The number of aromatic nitrogens is 3. The number of pyridine rings is 2. The summed E-state index contributed by atoms with van der Waals surface area (Å²) >= 11 is 0. The molecule has 0 saturated heterocycles. The van der Waals surface area contributed by atoms with E-state index < -0.39 is 0 Å². The van der Waals surface area contributed by atoms with Gasteiger partial charge >= 0.3 is 0 Å². The third kappa shape index (κ3) is 4.34. The van der Waals surface area contributed by atoms with Gasteiger partial charge in [-0.3, -0.25) is 4.57 Å². The van der Waals surface area contributed by atoms with Gasteiger partial charge in [0.15, 0.2) is 0 Å². The molecule has 8 aromatic rings. The highest BCUT2D eigenvalue weighted by Gasteiger charge is 2.30. The van der Waals surface area contributed by atoms with Crippen molar-refractivity contribution in [1.29, 1.82) is 0 Å². The third-order valence-corrected chi connectivity index (χ3v) is 10.0. The molecule has 0 saturated carbocycles. The Morgan fingerprint density at radius 1 is 0.612 bits per heavy atom. The number of nitrogens with zero attached hydrogens (tertiary/aromatic N) is 5. The Balaban J connectivity index is 1.06. The van der Waals surface area contributed by atoms with Crippen LogP contribution in [0.25, 0.3) is 38.8 Å². The van der Waals surface area contributed by atoms with Crippen molar-refractivity contribution in [3.05, 3.63) is 169 Å². The lowest BCUT2D eigenvalue weighted by atomic mass is 9.90. The van der Waals surface area contributed by atoms with E-state index in [4.69, 9.17) is 9.72 Å². The van der Waals surface area contributed by atoms with E-state index in [0.717, 1.165) is 40.3 Å². The second-order valence-electron chi connectivity index (χ2n) is 12.8. The summed E-state index contributed by atoms with van der Waals surface area (Å²) < 4.78 is 8.74. The predicted octanol–water partition coefficient (Wildman–Crippen LogP) is 10.1. The molecule has 2 aliphatic rings. The SMILES string of the molecule is CN1CN(c2ccnc(Oc3ccc4c5ccccc5n(-c5cc(C6c7ccccc7-c7ccccc76)ccn5)c4c3)c2)c2ccccc21. The molecule has 49 heavy (non-hydrogen) atoms. The lowest BCUT2D eigenvalue weighted by molar-refractivity contribution is 0.463. The van der Waals surface area contributed by atoms with Gasteiger partial charge in [-0.05, 0) is 76.3 Å². The molecule has 1 aliphatic heterocycles. The summed E-state index contributed by atoms with van der Waals surface area (Å²) in [7, 11) is 2.11. The molecular formula is C43H31N5O. The van der Waals surface area contributed by atoms with Crippen molar-refractivity contribution >= 4 is 38.9 Å². The van der Waals surface area contributed by atoms with Crippen LogP contribution in [-0.2, 0) is 0 Å². The second-order valence-corrected chi connectivity index (χ2v) is 12.8. The van der Waals surface area contributed by atoms with Gasteiger partial charge in [-0.2, -0.15) is 0 Å². The highest BCUT2D eigenvalue weighted by molar-refractivity contribution is 6.09. The average molecular weight is 634 g/mol. The third-order valence-electron chi connectivity index (χ3n) is 10.0. The lowest BCUT2D eigenvalue weighted by Crippen LogP contribution is -2.23. The van der Waals surface area contributed by atoms with Gasteiger partial charge in [-0.25, -0.2) is 9.97 Å². The molecule has 6 heteroatoms. The first-order valence-corrected chi connectivity index (χ1v) is 16.6. The topological polar surface area (TPSA) is 46.4 Å². The Morgan fingerprint density at radius 3 is 2.14 bits per heavy atom. The number of hydrogen-bond acceptors (Lipinski definition) is 5. The minimum Gasteiger partial charge on any atom is -0.439 e. The van der Waals surface area contributed by atoms with E-state index in [2.05, 4.69) is 148 Å². The number of ether oxygens (including phenoxy) is 1. The van der Waals surface area contributed by atoms with Crippen molar-refractivity contribution in [1.82, 2.24) is 14.5 Å². The summed E-state index contributed by atoms with van der Waals surface area (Å²) in [5.74, 6) is 2.28. The van der Waals surface area contributed by atoms with Crippen LogP contribution in [0, 0.1) is 0 Å². The standard InChI is InChI=1S/C43H31N5O/c1-46-27-47(39-17-9-8-16-38(39)46)29-21-23-45-42(25-29)49-30-18-19-34-33-12-6-7-15-37(33)48(40(34)26-30)41-24-28(20-22-44-41)43-35-13-4-2-10-31(35)32-11-3-5-14-36(32)43/h2-26,43H,27H2,1H3. The van der Waals surface area contributed by atoms with Crippen LogP contribution >= 0.6 is 0 Å². The Hall–Kier alpha value is -6.40. The number of hydrogen-bond donors (Lipinski definition) is 0. The van der Waals surface area contributed by atoms with Crippen molar-refractivity contribution in [2.45, 2.75) is 5.92 Å². The largest absolute Gasteiger partial charge is 0.439 e. The monoisotopic (exact) mass is 633 g/mol. The molecule has 5 aromatic carbocycles. The molecule has 0 spiro atoms. The van der Waals surface area contributed by atoms with E-state index in [-0.39, 0.29) is 5.92 Å². The van der Waals surface area contributed by atoms with Crippen LogP contribution in [-0.4, -0.2) is 28.3 Å². The number of rotatable bonds is 5. The van der Waals surface area contributed by atoms with E-state index in [1.807, 2.05) is 30.6 Å². The molecule has 0 fully saturated rings. The zero-order valence-electron chi connectivity index (χ0n) is 26.9. The summed E-state index contributed by atoms with van der Waals surface area (Å²) in [6, 6.07) is 49.2. The molecule has 0 atom stereocenters. The van der Waals surface area contributed by atoms with Gasteiger partial charge in [0.25, 0.3) is 0 Å². The van der Waals surface area contributed by atoms with E-state index in [1.165, 1.54) is 44.6 Å². The maximum absolute atomic E-state index is 6.49. The first-order valence-electron chi connectivity index (χ1n) is 16.6. The summed E-state index contributed by atoms with van der Waals surface area (Å²) in [6.07, 6.45) is 3.76. The maximum atomic E-state index is 6.49. The number of para-hydroxylation sites is 3. The van der Waals surface area contributed by atoms with Crippen LogP contribution in [0.1, 0.15) is 22.6 Å². The zero-order valence-corrected chi connectivity index (χ0v) is 26.9. The molecule has 0 N–H and O–H groups in total. The minimum atomic E-state index is 0.141. The van der Waals surface area contributed by atoms with Crippen LogP contribution in [0.3, 0.4) is 0 Å². The van der Waals surface area contributed by atoms with E-state index in [9.17, 15) is 0 Å². The molecule has 0 unspecified atom stereocenters. The fourth-order valence-electron chi connectivity index (χ4n) is 7.86. The average Bonchev–Trinajstić information content (AvgIpc) is 3.79. The van der Waals surface area contributed by atoms with Gasteiger partial charge in [0.1, 0.15) is 11.6 Å². The minimum absolute atomic E-state index is 0.141. The van der Waals surface area contributed by atoms with Gasteiger partial charge in [-0.1, -0.05) is 78.9 Å². The number of benzene rings is 5. The van der Waals surface area contributed by atoms with Gasteiger partial charge in [0.2, 0.25) is 5.88 Å². The van der Waals surface area contributed by atoms with Gasteiger partial charge in [0.05, 0.1) is 29.1 Å². The fourth-order valence-corrected chi connectivity index (χ4v) is 7.86. The van der Waals surface area contributed by atoms with Gasteiger partial charge < -0.3 is 14.5 Å². The van der Waals surface area contributed by atoms with Crippen LogP contribution in [0.5, 0.6) is 11.6 Å². The Kier molecular flexibility index (Phi) is 6.12. The van der Waals surface area contributed by atoms with Crippen molar-refractivity contribution in [3.63, 3.8) is 0 Å². The highest BCUT2D eigenvalue weighted by atomic mass is 16.5. The molecule has 0 radical (unpaired) electrons. The highest BCUT2D eigenvalue weighted by Crippen LogP contribution is 2.48.